The van der Waals surface area contributed by atoms with Crippen molar-refractivity contribution in [3.8, 4) is 17.2 Å². The lowest BCUT2D eigenvalue weighted by molar-refractivity contribution is 0.378. The molecule has 0 aliphatic rings. The van der Waals surface area contributed by atoms with E-state index in [9.17, 15) is 10.2 Å². The molecule has 0 unspecified atom stereocenters. The van der Waals surface area contributed by atoms with Gasteiger partial charge >= 0.3 is 0 Å². The Hall–Kier alpha value is -2.42. The van der Waals surface area contributed by atoms with E-state index in [4.69, 9.17) is 4.74 Å². The van der Waals surface area contributed by atoms with Crippen LogP contribution in [0.5, 0.6) is 17.2 Å². The van der Waals surface area contributed by atoms with Crippen LogP contribution < -0.4 is 4.74 Å². The minimum absolute atomic E-state index is 0.128. The van der Waals surface area contributed by atoms with Gasteiger partial charge < -0.3 is 14.9 Å². The van der Waals surface area contributed by atoms with Crippen LogP contribution in [-0.2, 0) is 0 Å². The Morgan fingerprint density at radius 2 is 1.56 bits per heavy atom. The number of rotatable bonds is 1. The predicted molar refractivity (Wildman–Crippen MR) is 71.3 cm³/mol. The molecule has 0 amide bonds. The normalized spacial score (nSPS) is 10.9. The first-order chi connectivity index (χ1) is 8.70. The second kappa shape index (κ2) is 3.81. The number of phenolic OH excluding ortho intramolecular Hbond substituents is 2. The number of hydrogen-bond acceptors (Lipinski definition) is 3. The van der Waals surface area contributed by atoms with E-state index in [-0.39, 0.29) is 11.5 Å². The molecule has 0 aromatic heterocycles. The number of phenols is 2. The molecule has 90 valence electrons. The Morgan fingerprint density at radius 1 is 0.833 bits per heavy atom. The molecule has 0 aliphatic carbocycles. The van der Waals surface area contributed by atoms with Crippen LogP contribution in [0.4, 0.5) is 0 Å². The molecule has 0 bridgehead atoms. The van der Waals surface area contributed by atoms with Gasteiger partial charge in [0.1, 0.15) is 5.75 Å². The van der Waals surface area contributed by atoms with Gasteiger partial charge in [0.15, 0.2) is 11.5 Å². The summed E-state index contributed by atoms with van der Waals surface area (Å²) in [6.45, 7) is 0. The Bertz CT molecular complexity index is 747. The van der Waals surface area contributed by atoms with E-state index in [1.54, 1.807) is 18.2 Å². The molecule has 0 aliphatic heterocycles. The minimum Gasteiger partial charge on any atom is -0.508 e. The summed E-state index contributed by atoms with van der Waals surface area (Å²) >= 11 is 0. The maximum atomic E-state index is 9.76. The van der Waals surface area contributed by atoms with Gasteiger partial charge in [0.2, 0.25) is 0 Å². The number of aromatic hydroxyl groups is 2. The van der Waals surface area contributed by atoms with Crippen molar-refractivity contribution in [3.63, 3.8) is 0 Å². The fraction of sp³-hybridized carbons (Fsp3) is 0.0667. The van der Waals surface area contributed by atoms with E-state index < -0.39 is 0 Å². The van der Waals surface area contributed by atoms with Gasteiger partial charge in [-0.1, -0.05) is 12.1 Å². The van der Waals surface area contributed by atoms with Crippen molar-refractivity contribution in [2.45, 2.75) is 0 Å². The summed E-state index contributed by atoms with van der Waals surface area (Å²) < 4.78 is 5.23. The van der Waals surface area contributed by atoms with Crippen LogP contribution in [0.2, 0.25) is 0 Å². The molecule has 3 aromatic carbocycles. The number of fused-ring (bicyclic) bond motifs is 3. The zero-order chi connectivity index (χ0) is 12.7. The lowest BCUT2D eigenvalue weighted by Crippen LogP contribution is -1.86. The van der Waals surface area contributed by atoms with Gasteiger partial charge in [0.05, 0.1) is 7.11 Å². The highest BCUT2D eigenvalue weighted by molar-refractivity contribution is 6.10. The molecule has 0 fully saturated rings. The molecule has 0 saturated heterocycles. The van der Waals surface area contributed by atoms with E-state index >= 15 is 0 Å². The van der Waals surface area contributed by atoms with Crippen LogP contribution in [0, 0.1) is 0 Å². The summed E-state index contributed by atoms with van der Waals surface area (Å²) in [5.41, 5.74) is 0. The molecule has 0 saturated carbocycles. The van der Waals surface area contributed by atoms with Crippen molar-refractivity contribution in [3.05, 3.63) is 42.5 Å². The molecule has 3 heteroatoms. The van der Waals surface area contributed by atoms with Crippen molar-refractivity contribution < 1.29 is 14.9 Å². The second-order valence-corrected chi connectivity index (χ2v) is 4.18. The molecule has 3 rings (SSSR count). The van der Waals surface area contributed by atoms with Gasteiger partial charge in [-0.2, -0.15) is 0 Å². The molecule has 0 spiro atoms. The standard InChI is InChI=1S/C15H12O3/c1-18-15-13-4-2-9-8-10(16)3-5-11(9)12(13)6-7-14(15)17/h2-8,16-17H,1H3. The van der Waals surface area contributed by atoms with Crippen molar-refractivity contribution >= 4 is 21.5 Å². The van der Waals surface area contributed by atoms with Crippen molar-refractivity contribution in [1.29, 1.82) is 0 Å². The van der Waals surface area contributed by atoms with E-state index in [0.29, 0.717) is 5.75 Å². The molecule has 3 nitrogen and oxygen atoms in total. The van der Waals surface area contributed by atoms with Gasteiger partial charge in [-0.25, -0.2) is 0 Å². The Balaban J connectivity index is 2.49. The Labute approximate surface area is 104 Å². The monoisotopic (exact) mass is 240 g/mol. The number of methoxy groups -OCH3 is 1. The van der Waals surface area contributed by atoms with Gasteiger partial charge in [0, 0.05) is 5.39 Å². The van der Waals surface area contributed by atoms with E-state index in [1.165, 1.54) is 7.11 Å². The maximum absolute atomic E-state index is 9.76. The third kappa shape index (κ3) is 1.44. The van der Waals surface area contributed by atoms with Crippen LogP contribution in [0.3, 0.4) is 0 Å². The third-order valence-corrected chi connectivity index (χ3v) is 3.13. The van der Waals surface area contributed by atoms with E-state index in [1.807, 2.05) is 24.3 Å². The average molecular weight is 240 g/mol. The summed E-state index contributed by atoms with van der Waals surface area (Å²) in [5, 5.41) is 23.1. The smallest absolute Gasteiger partial charge is 0.168 e. The Morgan fingerprint density at radius 3 is 2.33 bits per heavy atom. The van der Waals surface area contributed by atoms with Crippen LogP contribution in [0.25, 0.3) is 21.5 Å². The van der Waals surface area contributed by atoms with Crippen molar-refractivity contribution in [2.75, 3.05) is 7.11 Å². The quantitative estimate of drug-likeness (QED) is 0.641. The van der Waals surface area contributed by atoms with Gasteiger partial charge in [-0.3, -0.25) is 0 Å². The fourth-order valence-electron chi connectivity index (χ4n) is 2.31. The zero-order valence-electron chi connectivity index (χ0n) is 9.84. The first-order valence-electron chi connectivity index (χ1n) is 5.62. The highest BCUT2D eigenvalue weighted by atomic mass is 16.5. The number of benzene rings is 3. The van der Waals surface area contributed by atoms with E-state index in [2.05, 4.69) is 0 Å². The van der Waals surface area contributed by atoms with Gasteiger partial charge in [-0.05, 0) is 46.5 Å². The summed E-state index contributed by atoms with van der Waals surface area (Å²) in [4.78, 5) is 0. The minimum atomic E-state index is 0.128. The number of ether oxygens (including phenoxy) is 1. The van der Waals surface area contributed by atoms with Crippen molar-refractivity contribution in [1.82, 2.24) is 0 Å². The van der Waals surface area contributed by atoms with Crippen molar-refractivity contribution in [2.24, 2.45) is 0 Å². The molecule has 2 N–H and O–H groups in total. The highest BCUT2D eigenvalue weighted by Gasteiger charge is 2.09. The molecule has 3 aromatic rings. The first-order valence-corrected chi connectivity index (χ1v) is 5.62. The summed E-state index contributed by atoms with van der Waals surface area (Å²) in [6, 6.07) is 12.5. The van der Waals surface area contributed by atoms with E-state index in [0.717, 1.165) is 21.5 Å². The largest absolute Gasteiger partial charge is 0.508 e. The molecule has 0 atom stereocenters. The predicted octanol–water partition coefficient (Wildman–Crippen LogP) is 3.41. The lowest BCUT2D eigenvalue weighted by Gasteiger charge is -2.10. The summed E-state index contributed by atoms with van der Waals surface area (Å²) in [7, 11) is 1.54. The number of hydrogen-bond donors (Lipinski definition) is 2. The second-order valence-electron chi connectivity index (χ2n) is 4.18. The lowest BCUT2D eigenvalue weighted by atomic mass is 10.0. The van der Waals surface area contributed by atoms with Crippen LogP contribution in [-0.4, -0.2) is 17.3 Å². The highest BCUT2D eigenvalue weighted by Crippen LogP contribution is 2.38. The SMILES string of the molecule is COc1c(O)ccc2c1ccc1cc(O)ccc12. The fourth-order valence-corrected chi connectivity index (χ4v) is 2.31. The maximum Gasteiger partial charge on any atom is 0.168 e. The Kier molecular flexibility index (Phi) is 2.27. The van der Waals surface area contributed by atoms with Crippen LogP contribution >= 0.6 is 0 Å². The third-order valence-electron chi connectivity index (χ3n) is 3.13. The molecule has 18 heavy (non-hydrogen) atoms. The summed E-state index contributed by atoms with van der Waals surface area (Å²) in [5.74, 6) is 0.846. The topological polar surface area (TPSA) is 49.7 Å². The van der Waals surface area contributed by atoms with Crippen LogP contribution in [0.15, 0.2) is 42.5 Å². The van der Waals surface area contributed by atoms with Gasteiger partial charge in [-0.15, -0.1) is 0 Å². The molecular weight excluding hydrogens is 228 g/mol. The molecule has 0 radical (unpaired) electrons. The van der Waals surface area contributed by atoms with Gasteiger partial charge in [0.25, 0.3) is 0 Å². The average Bonchev–Trinajstić information content (AvgIpc) is 2.37. The molecule has 0 heterocycles. The zero-order valence-corrected chi connectivity index (χ0v) is 9.84. The van der Waals surface area contributed by atoms with Crippen LogP contribution in [0.1, 0.15) is 0 Å². The first kappa shape index (κ1) is 10.7. The molecular formula is C15H12O3. The summed E-state index contributed by atoms with van der Waals surface area (Å²) in [6.07, 6.45) is 0.